The van der Waals surface area contributed by atoms with Gasteiger partial charge in [0.05, 0.1) is 6.61 Å². The second-order valence-electron chi connectivity index (χ2n) is 7.03. The van der Waals surface area contributed by atoms with Crippen LogP contribution in [0.5, 0.6) is 5.75 Å². The van der Waals surface area contributed by atoms with Gasteiger partial charge >= 0.3 is 0 Å². The molecule has 0 amide bonds. The van der Waals surface area contributed by atoms with Crippen LogP contribution in [0.2, 0.25) is 0 Å². The number of carbonyl (C=O) groups excluding carboxylic acids is 1. The number of unbranched alkanes of at least 4 members (excludes halogenated alkanes) is 2. The molecule has 3 heteroatoms. The van der Waals surface area contributed by atoms with Crippen LogP contribution in [0.1, 0.15) is 73.0 Å². The van der Waals surface area contributed by atoms with Crippen molar-refractivity contribution in [3.8, 4) is 5.75 Å². The molecular formula is C24H31FO2. The van der Waals surface area contributed by atoms with Gasteiger partial charge in [-0.25, -0.2) is 4.39 Å². The lowest BCUT2D eigenvalue weighted by Crippen LogP contribution is -2.06. The largest absolute Gasteiger partial charge is 0.491 e. The topological polar surface area (TPSA) is 26.3 Å². The number of hydrogen-bond acceptors (Lipinski definition) is 2. The molecule has 2 nitrogen and oxygen atoms in total. The summed E-state index contributed by atoms with van der Waals surface area (Å²) in [6.45, 7) is 6.07. The first kappa shape index (κ1) is 21.1. The Morgan fingerprint density at radius 1 is 0.926 bits per heavy atom. The first-order valence-corrected chi connectivity index (χ1v) is 10.1. The van der Waals surface area contributed by atoms with Crippen LogP contribution < -0.4 is 4.74 Å². The molecule has 0 saturated carbocycles. The molecule has 0 saturated heterocycles. The van der Waals surface area contributed by atoms with Gasteiger partial charge in [0.1, 0.15) is 0 Å². The van der Waals surface area contributed by atoms with Gasteiger partial charge in [-0.1, -0.05) is 44.0 Å². The second kappa shape index (κ2) is 10.9. The molecule has 0 fully saturated rings. The van der Waals surface area contributed by atoms with Crippen LogP contribution >= 0.6 is 0 Å². The number of halogens is 1. The Labute approximate surface area is 162 Å². The zero-order valence-corrected chi connectivity index (χ0v) is 16.8. The first-order valence-electron chi connectivity index (χ1n) is 10.1. The standard InChI is InChI=1S/C24H31FO2/c1-4-6-7-9-19-12-14-20(15-13-19)10-8-11-22(26)21-16-17-23(27-5-2)24(25)18(21)3/h12-17H,4-11H2,1-3H3. The Morgan fingerprint density at radius 2 is 1.56 bits per heavy atom. The van der Waals surface area contributed by atoms with Gasteiger partial charge in [0, 0.05) is 12.0 Å². The smallest absolute Gasteiger partial charge is 0.168 e. The zero-order chi connectivity index (χ0) is 19.6. The predicted molar refractivity (Wildman–Crippen MR) is 109 cm³/mol. The van der Waals surface area contributed by atoms with E-state index in [0.717, 1.165) is 19.3 Å². The van der Waals surface area contributed by atoms with Crippen molar-refractivity contribution in [3.05, 3.63) is 64.5 Å². The van der Waals surface area contributed by atoms with E-state index < -0.39 is 5.82 Å². The fourth-order valence-electron chi connectivity index (χ4n) is 3.27. The molecule has 0 unspecified atom stereocenters. The fourth-order valence-corrected chi connectivity index (χ4v) is 3.27. The average Bonchev–Trinajstić information content (AvgIpc) is 2.67. The van der Waals surface area contributed by atoms with E-state index in [9.17, 15) is 9.18 Å². The van der Waals surface area contributed by atoms with Gasteiger partial charge in [0.2, 0.25) is 0 Å². The summed E-state index contributed by atoms with van der Waals surface area (Å²) in [6, 6.07) is 11.9. The highest BCUT2D eigenvalue weighted by atomic mass is 19.1. The van der Waals surface area contributed by atoms with Gasteiger partial charge < -0.3 is 4.74 Å². The molecule has 0 aromatic heterocycles. The van der Waals surface area contributed by atoms with Gasteiger partial charge in [-0.15, -0.1) is 0 Å². The minimum absolute atomic E-state index is 0.00867. The number of aryl methyl sites for hydroxylation is 2. The molecule has 0 bridgehead atoms. The Bertz CT molecular complexity index is 735. The lowest BCUT2D eigenvalue weighted by atomic mass is 9.98. The van der Waals surface area contributed by atoms with Crippen molar-refractivity contribution >= 4 is 5.78 Å². The van der Waals surface area contributed by atoms with Crippen molar-refractivity contribution < 1.29 is 13.9 Å². The maximum atomic E-state index is 14.3. The van der Waals surface area contributed by atoms with Crippen molar-refractivity contribution in [3.63, 3.8) is 0 Å². The van der Waals surface area contributed by atoms with E-state index in [4.69, 9.17) is 4.74 Å². The van der Waals surface area contributed by atoms with Crippen LogP contribution in [0.3, 0.4) is 0 Å². The van der Waals surface area contributed by atoms with E-state index in [2.05, 4.69) is 31.2 Å². The van der Waals surface area contributed by atoms with E-state index >= 15 is 0 Å². The number of carbonyl (C=O) groups is 1. The van der Waals surface area contributed by atoms with Crippen LogP contribution in [0.25, 0.3) is 0 Å². The van der Waals surface area contributed by atoms with E-state index in [1.54, 1.807) is 19.1 Å². The number of ether oxygens (including phenoxy) is 1. The molecule has 2 aromatic carbocycles. The maximum Gasteiger partial charge on any atom is 0.168 e. The number of benzene rings is 2. The van der Waals surface area contributed by atoms with Gasteiger partial charge in [-0.3, -0.25) is 4.79 Å². The molecule has 0 atom stereocenters. The Kier molecular flexibility index (Phi) is 8.50. The molecule has 146 valence electrons. The number of Topliss-reactive ketones (excluding diaryl/α,β-unsaturated/α-hetero) is 1. The van der Waals surface area contributed by atoms with E-state index in [-0.39, 0.29) is 11.5 Å². The van der Waals surface area contributed by atoms with Crippen LogP contribution in [0.15, 0.2) is 36.4 Å². The predicted octanol–water partition coefficient (Wildman–Crippen LogP) is 6.47. The van der Waals surface area contributed by atoms with Crippen LogP contribution in [0, 0.1) is 12.7 Å². The van der Waals surface area contributed by atoms with Gasteiger partial charge in [0.15, 0.2) is 17.3 Å². The summed E-state index contributed by atoms with van der Waals surface area (Å²) >= 11 is 0. The SMILES string of the molecule is CCCCCc1ccc(CCCC(=O)c2ccc(OCC)c(F)c2C)cc1. The van der Waals surface area contributed by atoms with Crippen LogP contribution in [-0.2, 0) is 12.8 Å². The number of ketones is 1. The quantitative estimate of drug-likeness (QED) is 0.335. The second-order valence-corrected chi connectivity index (χ2v) is 7.03. The van der Waals surface area contributed by atoms with Crippen molar-refractivity contribution in [2.24, 2.45) is 0 Å². The minimum Gasteiger partial charge on any atom is -0.491 e. The summed E-state index contributed by atoms with van der Waals surface area (Å²) in [5.74, 6) is -0.224. The lowest BCUT2D eigenvalue weighted by molar-refractivity contribution is 0.0979. The third-order valence-corrected chi connectivity index (χ3v) is 4.91. The van der Waals surface area contributed by atoms with Crippen LogP contribution in [-0.4, -0.2) is 12.4 Å². The van der Waals surface area contributed by atoms with Gasteiger partial charge in [0.25, 0.3) is 0 Å². The Hall–Kier alpha value is -2.16. The molecule has 0 aliphatic rings. The molecule has 0 aliphatic carbocycles. The molecule has 0 spiro atoms. The molecule has 2 aromatic rings. The number of hydrogen-bond donors (Lipinski definition) is 0. The lowest BCUT2D eigenvalue weighted by Gasteiger charge is -2.10. The average molecular weight is 371 g/mol. The molecular weight excluding hydrogens is 339 g/mol. The normalized spacial score (nSPS) is 10.8. The molecule has 2 rings (SSSR count). The zero-order valence-electron chi connectivity index (χ0n) is 16.8. The number of rotatable bonds is 11. The van der Waals surface area contributed by atoms with Crippen molar-refractivity contribution in [1.82, 2.24) is 0 Å². The summed E-state index contributed by atoms with van der Waals surface area (Å²) in [5.41, 5.74) is 3.46. The Balaban J connectivity index is 1.86. The van der Waals surface area contributed by atoms with Crippen molar-refractivity contribution in [2.75, 3.05) is 6.61 Å². The summed E-state index contributed by atoms with van der Waals surface area (Å²) in [7, 11) is 0. The van der Waals surface area contributed by atoms with Gasteiger partial charge in [-0.05, 0) is 68.4 Å². The molecule has 0 heterocycles. The van der Waals surface area contributed by atoms with Gasteiger partial charge in [-0.2, -0.15) is 0 Å². The third kappa shape index (κ3) is 6.20. The van der Waals surface area contributed by atoms with Crippen molar-refractivity contribution in [1.29, 1.82) is 0 Å². The highest BCUT2D eigenvalue weighted by molar-refractivity contribution is 5.97. The third-order valence-electron chi connectivity index (χ3n) is 4.91. The highest BCUT2D eigenvalue weighted by Gasteiger charge is 2.15. The van der Waals surface area contributed by atoms with Crippen molar-refractivity contribution in [2.45, 2.75) is 65.7 Å². The monoisotopic (exact) mass is 370 g/mol. The molecule has 0 radical (unpaired) electrons. The van der Waals surface area contributed by atoms with Crippen LogP contribution in [0.4, 0.5) is 4.39 Å². The summed E-state index contributed by atoms with van der Waals surface area (Å²) in [4.78, 5) is 12.5. The summed E-state index contributed by atoms with van der Waals surface area (Å²) < 4.78 is 19.5. The molecule has 0 N–H and O–H groups in total. The molecule has 0 aliphatic heterocycles. The Morgan fingerprint density at radius 3 is 2.15 bits per heavy atom. The fraction of sp³-hybridized carbons (Fsp3) is 0.458. The van der Waals surface area contributed by atoms with E-state index in [1.165, 1.54) is 30.4 Å². The first-order chi connectivity index (χ1) is 13.1. The molecule has 27 heavy (non-hydrogen) atoms. The highest BCUT2D eigenvalue weighted by Crippen LogP contribution is 2.24. The van der Waals surface area contributed by atoms with E-state index in [1.807, 2.05) is 6.92 Å². The summed E-state index contributed by atoms with van der Waals surface area (Å²) in [6.07, 6.45) is 6.94. The minimum atomic E-state index is -0.429. The van der Waals surface area contributed by atoms with E-state index in [0.29, 0.717) is 24.2 Å². The summed E-state index contributed by atoms with van der Waals surface area (Å²) in [5, 5.41) is 0. The maximum absolute atomic E-state index is 14.3.